The maximum absolute atomic E-state index is 13.5. The van der Waals surface area contributed by atoms with E-state index in [1.807, 2.05) is 25.1 Å². The van der Waals surface area contributed by atoms with E-state index >= 15 is 0 Å². The molecule has 0 bridgehead atoms. The monoisotopic (exact) mass is 267 g/mol. The van der Waals surface area contributed by atoms with Gasteiger partial charge in [-0.25, -0.2) is 8.78 Å². The summed E-state index contributed by atoms with van der Waals surface area (Å²) in [5.74, 6) is -1.21. The zero-order chi connectivity index (χ0) is 13.1. The third-order valence-corrected chi connectivity index (χ3v) is 3.02. The summed E-state index contributed by atoms with van der Waals surface area (Å²) in [6, 6.07) is 10.6. The van der Waals surface area contributed by atoms with E-state index < -0.39 is 11.6 Å². The van der Waals surface area contributed by atoms with E-state index in [1.165, 1.54) is 12.1 Å². The summed E-state index contributed by atoms with van der Waals surface area (Å²) in [7, 11) is 0. The normalized spacial score (nSPS) is 12.2. The Morgan fingerprint density at radius 3 is 2.50 bits per heavy atom. The van der Waals surface area contributed by atoms with Crippen molar-refractivity contribution in [2.24, 2.45) is 0 Å². The molecule has 0 aliphatic heterocycles. The third kappa shape index (κ3) is 2.79. The summed E-state index contributed by atoms with van der Waals surface area (Å²) in [5.41, 5.74) is 1.12. The lowest BCUT2D eigenvalue weighted by molar-refractivity contribution is 0.584. The van der Waals surface area contributed by atoms with E-state index in [4.69, 9.17) is 11.6 Å². The molecule has 4 heteroatoms. The fourth-order valence-corrected chi connectivity index (χ4v) is 2.04. The molecule has 0 amide bonds. The number of rotatable bonds is 3. The Hall–Kier alpha value is -1.61. The van der Waals surface area contributed by atoms with Gasteiger partial charge in [-0.15, -0.1) is 0 Å². The molecule has 2 aromatic carbocycles. The second kappa shape index (κ2) is 5.36. The van der Waals surface area contributed by atoms with Crippen LogP contribution < -0.4 is 5.32 Å². The highest BCUT2D eigenvalue weighted by Gasteiger charge is 2.11. The summed E-state index contributed by atoms with van der Waals surface area (Å²) < 4.78 is 26.3. The zero-order valence-electron chi connectivity index (χ0n) is 9.75. The van der Waals surface area contributed by atoms with Crippen LogP contribution in [0.25, 0.3) is 0 Å². The highest BCUT2D eigenvalue weighted by Crippen LogP contribution is 2.26. The van der Waals surface area contributed by atoms with E-state index in [2.05, 4.69) is 5.32 Å². The summed E-state index contributed by atoms with van der Waals surface area (Å²) in [4.78, 5) is 0. The summed E-state index contributed by atoms with van der Waals surface area (Å²) in [5, 5.41) is 3.58. The van der Waals surface area contributed by atoms with Crippen LogP contribution in [0.1, 0.15) is 18.5 Å². The molecule has 0 heterocycles. The number of benzene rings is 2. The van der Waals surface area contributed by atoms with E-state index in [0.717, 1.165) is 11.6 Å². The Labute approximate surface area is 109 Å². The van der Waals surface area contributed by atoms with Gasteiger partial charge in [0.05, 0.1) is 11.7 Å². The van der Waals surface area contributed by atoms with E-state index in [0.29, 0.717) is 5.02 Å². The Balaban J connectivity index is 2.21. The van der Waals surface area contributed by atoms with Gasteiger partial charge in [-0.05, 0) is 30.7 Å². The van der Waals surface area contributed by atoms with Crippen LogP contribution in [-0.4, -0.2) is 0 Å². The Morgan fingerprint density at radius 1 is 1.11 bits per heavy atom. The first kappa shape index (κ1) is 12.8. The molecule has 1 N–H and O–H groups in total. The van der Waals surface area contributed by atoms with Crippen LogP contribution in [0.15, 0.2) is 42.5 Å². The zero-order valence-corrected chi connectivity index (χ0v) is 10.5. The first-order chi connectivity index (χ1) is 8.58. The molecule has 2 rings (SSSR count). The minimum absolute atomic E-state index is 0.168. The van der Waals surface area contributed by atoms with Gasteiger partial charge in [0.2, 0.25) is 0 Å². The molecule has 0 aliphatic carbocycles. The van der Waals surface area contributed by atoms with Gasteiger partial charge in [-0.3, -0.25) is 0 Å². The van der Waals surface area contributed by atoms with Crippen LogP contribution in [0.5, 0.6) is 0 Å². The summed E-state index contributed by atoms with van der Waals surface area (Å²) in [6.07, 6.45) is 0. The van der Waals surface area contributed by atoms with Crippen LogP contribution in [0, 0.1) is 11.6 Å². The van der Waals surface area contributed by atoms with Gasteiger partial charge >= 0.3 is 0 Å². The fraction of sp³-hybridized carbons (Fsp3) is 0.143. The maximum atomic E-state index is 13.5. The van der Waals surface area contributed by atoms with Gasteiger partial charge in [-0.1, -0.05) is 29.8 Å². The van der Waals surface area contributed by atoms with Gasteiger partial charge in [0.1, 0.15) is 11.6 Å². The number of halogens is 3. The van der Waals surface area contributed by atoms with Crippen LogP contribution in [-0.2, 0) is 0 Å². The molecule has 0 saturated heterocycles. The van der Waals surface area contributed by atoms with Crippen molar-refractivity contribution in [3.05, 3.63) is 64.7 Å². The van der Waals surface area contributed by atoms with Gasteiger partial charge in [-0.2, -0.15) is 0 Å². The maximum Gasteiger partial charge on any atom is 0.149 e. The highest BCUT2D eigenvalue weighted by molar-refractivity contribution is 6.31. The lowest BCUT2D eigenvalue weighted by Crippen LogP contribution is -2.08. The Kier molecular flexibility index (Phi) is 3.82. The van der Waals surface area contributed by atoms with Crippen LogP contribution >= 0.6 is 11.6 Å². The van der Waals surface area contributed by atoms with Gasteiger partial charge in [0.15, 0.2) is 0 Å². The van der Waals surface area contributed by atoms with Crippen molar-refractivity contribution in [2.75, 3.05) is 5.32 Å². The molecule has 94 valence electrons. The van der Waals surface area contributed by atoms with E-state index in [-0.39, 0.29) is 11.7 Å². The molecule has 2 aromatic rings. The van der Waals surface area contributed by atoms with E-state index in [9.17, 15) is 8.78 Å². The third-order valence-electron chi connectivity index (χ3n) is 2.67. The standard InChI is InChI=1S/C14H12ClF2N/c1-9(11-4-2-3-5-12(11)15)18-14-7-6-10(16)8-13(14)17/h2-9,18H,1H3. The minimum Gasteiger partial charge on any atom is -0.376 e. The largest absolute Gasteiger partial charge is 0.376 e. The fourth-order valence-electron chi connectivity index (χ4n) is 1.74. The molecule has 0 saturated carbocycles. The first-order valence-corrected chi connectivity index (χ1v) is 5.91. The molecule has 1 nitrogen and oxygen atoms in total. The van der Waals surface area contributed by atoms with Crippen LogP contribution in [0.3, 0.4) is 0 Å². The van der Waals surface area contributed by atoms with Crippen molar-refractivity contribution in [1.29, 1.82) is 0 Å². The van der Waals surface area contributed by atoms with Crippen molar-refractivity contribution in [1.82, 2.24) is 0 Å². The molecule has 0 radical (unpaired) electrons. The minimum atomic E-state index is -0.617. The number of hydrogen-bond donors (Lipinski definition) is 1. The van der Waals surface area contributed by atoms with Crippen molar-refractivity contribution < 1.29 is 8.78 Å². The number of nitrogens with one attached hydrogen (secondary N) is 1. The average Bonchev–Trinajstić information content (AvgIpc) is 2.33. The molecule has 1 atom stereocenters. The first-order valence-electron chi connectivity index (χ1n) is 5.54. The van der Waals surface area contributed by atoms with Crippen molar-refractivity contribution in [3.63, 3.8) is 0 Å². The predicted molar refractivity (Wildman–Crippen MR) is 69.8 cm³/mol. The molecule has 1 unspecified atom stereocenters. The Bertz CT molecular complexity index is 557. The lowest BCUT2D eigenvalue weighted by Gasteiger charge is -2.17. The van der Waals surface area contributed by atoms with Crippen molar-refractivity contribution >= 4 is 17.3 Å². The van der Waals surface area contributed by atoms with Crippen LogP contribution in [0.4, 0.5) is 14.5 Å². The highest BCUT2D eigenvalue weighted by atomic mass is 35.5. The van der Waals surface area contributed by atoms with Gasteiger partial charge < -0.3 is 5.32 Å². The number of anilines is 1. The molecule has 18 heavy (non-hydrogen) atoms. The Morgan fingerprint density at radius 2 is 1.83 bits per heavy atom. The van der Waals surface area contributed by atoms with Gasteiger partial charge in [0, 0.05) is 11.1 Å². The molecule has 0 aliphatic rings. The number of hydrogen-bond acceptors (Lipinski definition) is 1. The average molecular weight is 268 g/mol. The van der Waals surface area contributed by atoms with Crippen molar-refractivity contribution in [2.45, 2.75) is 13.0 Å². The molecule has 0 spiro atoms. The quantitative estimate of drug-likeness (QED) is 0.843. The summed E-state index contributed by atoms with van der Waals surface area (Å²) >= 11 is 6.06. The second-order valence-electron chi connectivity index (χ2n) is 4.01. The second-order valence-corrected chi connectivity index (χ2v) is 4.42. The molecule has 0 aromatic heterocycles. The predicted octanol–water partition coefficient (Wildman–Crippen LogP) is 4.79. The van der Waals surface area contributed by atoms with E-state index in [1.54, 1.807) is 6.07 Å². The molecule has 0 fully saturated rings. The van der Waals surface area contributed by atoms with Crippen molar-refractivity contribution in [3.8, 4) is 0 Å². The van der Waals surface area contributed by atoms with Crippen LogP contribution in [0.2, 0.25) is 5.02 Å². The SMILES string of the molecule is CC(Nc1ccc(F)cc1F)c1ccccc1Cl. The smallest absolute Gasteiger partial charge is 0.149 e. The molecular formula is C14H12ClF2N. The lowest BCUT2D eigenvalue weighted by atomic mass is 10.1. The molecular weight excluding hydrogens is 256 g/mol. The summed E-state index contributed by atoms with van der Waals surface area (Å²) in [6.45, 7) is 1.87. The topological polar surface area (TPSA) is 12.0 Å². The van der Waals surface area contributed by atoms with Gasteiger partial charge in [0.25, 0.3) is 0 Å².